The van der Waals surface area contributed by atoms with E-state index in [9.17, 15) is 4.79 Å². The fourth-order valence-electron chi connectivity index (χ4n) is 2.09. The van der Waals surface area contributed by atoms with Crippen LogP contribution in [0.1, 0.15) is 27.2 Å². The van der Waals surface area contributed by atoms with E-state index in [2.05, 4.69) is 10.4 Å². The molecule has 1 heterocycles. The lowest BCUT2D eigenvalue weighted by molar-refractivity contribution is 0.0602. The van der Waals surface area contributed by atoms with Gasteiger partial charge in [0.25, 0.3) is 0 Å². The molecule has 2 aromatic rings. The largest absolute Gasteiger partial charge is 0.465 e. The number of ether oxygens (including phenoxy) is 1. The number of nitrogens with zero attached hydrogens (tertiary/aromatic N) is 2. The van der Waals surface area contributed by atoms with E-state index in [1.807, 2.05) is 37.8 Å². The highest BCUT2D eigenvalue weighted by molar-refractivity contribution is 5.97. The summed E-state index contributed by atoms with van der Waals surface area (Å²) < 4.78 is 6.58. The average molecular weight is 288 g/mol. The van der Waals surface area contributed by atoms with Crippen LogP contribution < -0.4 is 11.1 Å². The number of nitrogens with two attached hydrogens (primary N) is 1. The zero-order valence-corrected chi connectivity index (χ0v) is 12.7. The predicted molar refractivity (Wildman–Crippen MR) is 82.2 cm³/mol. The van der Waals surface area contributed by atoms with Crippen molar-refractivity contribution in [2.75, 3.05) is 18.2 Å². The Bertz CT molecular complexity index is 677. The van der Waals surface area contributed by atoms with Gasteiger partial charge in [-0.1, -0.05) is 0 Å². The molecule has 1 aromatic carbocycles. The Labute approximate surface area is 123 Å². The van der Waals surface area contributed by atoms with Crippen molar-refractivity contribution >= 4 is 17.3 Å². The molecule has 0 saturated carbocycles. The molecule has 0 amide bonds. The molecule has 0 aliphatic carbocycles. The second-order valence-corrected chi connectivity index (χ2v) is 4.98. The molecule has 6 nitrogen and oxygen atoms in total. The van der Waals surface area contributed by atoms with E-state index in [-0.39, 0.29) is 0 Å². The molecule has 0 bridgehead atoms. The number of aromatic nitrogens is 2. The number of carbonyl (C=O) groups is 1. The molecule has 0 fully saturated rings. The number of methoxy groups -OCH3 is 1. The third-order valence-electron chi connectivity index (χ3n) is 3.61. The van der Waals surface area contributed by atoms with Crippen LogP contribution in [-0.4, -0.2) is 22.9 Å². The molecule has 112 valence electrons. The molecule has 1 aromatic heterocycles. The van der Waals surface area contributed by atoms with Crippen molar-refractivity contribution in [2.45, 2.75) is 20.4 Å². The van der Waals surface area contributed by atoms with Gasteiger partial charge >= 0.3 is 5.97 Å². The first-order valence-electron chi connectivity index (χ1n) is 6.63. The van der Waals surface area contributed by atoms with E-state index < -0.39 is 5.97 Å². The van der Waals surface area contributed by atoms with Crippen LogP contribution in [0, 0.1) is 13.8 Å². The number of benzene rings is 1. The van der Waals surface area contributed by atoms with Crippen LogP contribution in [0.25, 0.3) is 0 Å². The van der Waals surface area contributed by atoms with E-state index in [1.54, 1.807) is 6.07 Å². The molecule has 21 heavy (non-hydrogen) atoms. The first-order valence-corrected chi connectivity index (χ1v) is 6.63. The van der Waals surface area contributed by atoms with Crippen LogP contribution in [0.4, 0.5) is 11.4 Å². The summed E-state index contributed by atoms with van der Waals surface area (Å²) in [5, 5.41) is 7.49. The number of rotatable bonds is 4. The van der Waals surface area contributed by atoms with E-state index in [0.29, 0.717) is 17.8 Å². The molecule has 0 spiro atoms. The Balaban J connectivity index is 2.23. The first kappa shape index (κ1) is 14.9. The maximum atomic E-state index is 11.7. The van der Waals surface area contributed by atoms with E-state index in [4.69, 9.17) is 10.5 Å². The summed E-state index contributed by atoms with van der Waals surface area (Å²) >= 11 is 0. The Kier molecular flexibility index (Phi) is 4.16. The van der Waals surface area contributed by atoms with E-state index >= 15 is 0 Å². The van der Waals surface area contributed by atoms with Gasteiger partial charge in [0.15, 0.2) is 0 Å². The SMILES string of the molecule is COC(=O)c1cc(NCc2cnn(C)c2C)cc(C)c1N. The van der Waals surface area contributed by atoms with Gasteiger partial charge in [0, 0.05) is 36.2 Å². The van der Waals surface area contributed by atoms with Crippen LogP contribution in [0.5, 0.6) is 0 Å². The summed E-state index contributed by atoms with van der Waals surface area (Å²) in [5.74, 6) is -0.434. The number of hydrogen-bond acceptors (Lipinski definition) is 5. The molecule has 2 rings (SSSR count). The Morgan fingerprint density at radius 3 is 2.71 bits per heavy atom. The van der Waals surface area contributed by atoms with Crippen LogP contribution in [-0.2, 0) is 18.3 Å². The Hall–Kier alpha value is -2.50. The molecule has 0 saturated heterocycles. The topological polar surface area (TPSA) is 82.2 Å². The third kappa shape index (κ3) is 2.99. The molecule has 0 unspecified atom stereocenters. The first-order chi connectivity index (χ1) is 9.93. The summed E-state index contributed by atoms with van der Waals surface area (Å²) in [5.41, 5.74) is 10.6. The fourth-order valence-corrected chi connectivity index (χ4v) is 2.09. The zero-order chi connectivity index (χ0) is 15.6. The van der Waals surface area contributed by atoms with Crippen LogP contribution in [0.3, 0.4) is 0 Å². The van der Waals surface area contributed by atoms with Gasteiger partial charge in [-0.2, -0.15) is 5.10 Å². The van der Waals surface area contributed by atoms with Crippen LogP contribution >= 0.6 is 0 Å². The van der Waals surface area contributed by atoms with Gasteiger partial charge in [-0.05, 0) is 31.5 Å². The second kappa shape index (κ2) is 5.87. The Morgan fingerprint density at radius 1 is 1.43 bits per heavy atom. The van der Waals surface area contributed by atoms with E-state index in [0.717, 1.165) is 22.5 Å². The molecule has 0 atom stereocenters. The van der Waals surface area contributed by atoms with Crippen molar-refractivity contribution in [3.05, 3.63) is 40.7 Å². The number of nitrogens with one attached hydrogen (secondary N) is 1. The highest BCUT2D eigenvalue weighted by Gasteiger charge is 2.13. The van der Waals surface area contributed by atoms with Crippen LogP contribution in [0.2, 0.25) is 0 Å². The van der Waals surface area contributed by atoms with Gasteiger partial charge in [-0.25, -0.2) is 4.79 Å². The van der Waals surface area contributed by atoms with Crippen molar-refractivity contribution in [3.63, 3.8) is 0 Å². The van der Waals surface area contributed by atoms with Gasteiger partial charge in [0.2, 0.25) is 0 Å². The molecule has 0 radical (unpaired) electrons. The lowest BCUT2D eigenvalue weighted by atomic mass is 10.1. The maximum absolute atomic E-state index is 11.7. The molecular formula is C15H20N4O2. The van der Waals surface area contributed by atoms with E-state index in [1.165, 1.54) is 7.11 Å². The minimum atomic E-state index is -0.434. The molecule has 0 aliphatic rings. The average Bonchev–Trinajstić information content (AvgIpc) is 2.79. The van der Waals surface area contributed by atoms with Crippen molar-refractivity contribution in [3.8, 4) is 0 Å². The number of aryl methyl sites for hydroxylation is 2. The fraction of sp³-hybridized carbons (Fsp3) is 0.333. The highest BCUT2D eigenvalue weighted by Crippen LogP contribution is 2.24. The molecule has 6 heteroatoms. The zero-order valence-electron chi connectivity index (χ0n) is 12.7. The van der Waals surface area contributed by atoms with Crippen molar-refractivity contribution in [1.82, 2.24) is 9.78 Å². The predicted octanol–water partition coefficient (Wildman–Crippen LogP) is 2.02. The van der Waals surface area contributed by atoms with Gasteiger partial charge < -0.3 is 15.8 Å². The monoisotopic (exact) mass is 288 g/mol. The van der Waals surface area contributed by atoms with Gasteiger partial charge in [0.1, 0.15) is 0 Å². The summed E-state index contributed by atoms with van der Waals surface area (Å²) in [6.07, 6.45) is 1.83. The minimum absolute atomic E-state index is 0.378. The van der Waals surface area contributed by atoms with Gasteiger partial charge in [0.05, 0.1) is 18.9 Å². The number of hydrogen-bond donors (Lipinski definition) is 2. The standard InChI is InChI=1S/C15H20N4O2/c1-9-5-12(6-13(14(9)16)15(20)21-4)17-7-11-8-18-19(3)10(11)2/h5-6,8,17H,7,16H2,1-4H3. The van der Waals surface area contributed by atoms with Crippen molar-refractivity contribution in [1.29, 1.82) is 0 Å². The number of anilines is 2. The lowest BCUT2D eigenvalue weighted by Gasteiger charge is -2.12. The normalized spacial score (nSPS) is 10.5. The lowest BCUT2D eigenvalue weighted by Crippen LogP contribution is -2.09. The van der Waals surface area contributed by atoms with Crippen molar-refractivity contribution < 1.29 is 9.53 Å². The second-order valence-electron chi connectivity index (χ2n) is 4.98. The summed E-state index contributed by atoms with van der Waals surface area (Å²) in [6, 6.07) is 3.62. The molecular weight excluding hydrogens is 268 g/mol. The third-order valence-corrected chi connectivity index (χ3v) is 3.61. The Morgan fingerprint density at radius 2 is 2.14 bits per heavy atom. The van der Waals surface area contributed by atoms with Gasteiger partial charge in [-0.15, -0.1) is 0 Å². The summed E-state index contributed by atoms with van der Waals surface area (Å²) in [7, 11) is 3.25. The van der Waals surface area contributed by atoms with Crippen molar-refractivity contribution in [2.24, 2.45) is 7.05 Å². The smallest absolute Gasteiger partial charge is 0.340 e. The molecule has 3 N–H and O–H groups in total. The maximum Gasteiger partial charge on any atom is 0.340 e. The minimum Gasteiger partial charge on any atom is -0.465 e. The van der Waals surface area contributed by atoms with Crippen LogP contribution in [0.15, 0.2) is 18.3 Å². The number of nitrogen functional groups attached to an aromatic ring is 1. The molecule has 0 aliphatic heterocycles. The quantitative estimate of drug-likeness (QED) is 0.664. The van der Waals surface area contributed by atoms with Gasteiger partial charge in [-0.3, -0.25) is 4.68 Å². The summed E-state index contributed by atoms with van der Waals surface area (Å²) in [4.78, 5) is 11.7. The summed E-state index contributed by atoms with van der Waals surface area (Å²) in [6.45, 7) is 4.50. The number of esters is 1. The highest BCUT2D eigenvalue weighted by atomic mass is 16.5. The number of carbonyl (C=O) groups excluding carboxylic acids is 1.